The number of nitrogens with zero attached hydrogens (tertiary/aromatic N) is 1. The lowest BCUT2D eigenvalue weighted by Gasteiger charge is -2.02. The zero-order valence-electron chi connectivity index (χ0n) is 7.64. The van der Waals surface area contributed by atoms with Crippen LogP contribution in [0.5, 0.6) is 0 Å². The zero-order valence-corrected chi connectivity index (χ0v) is 8.45. The summed E-state index contributed by atoms with van der Waals surface area (Å²) in [6.07, 6.45) is 0. The number of aromatic nitrogens is 1. The summed E-state index contributed by atoms with van der Waals surface area (Å²) in [7, 11) is 0. The van der Waals surface area contributed by atoms with Gasteiger partial charge in [-0.25, -0.2) is 4.98 Å². The second-order valence-corrected chi connectivity index (χ2v) is 3.83. The smallest absolute Gasteiger partial charge is 0.180 e. The molecule has 2 aromatic rings. The fraction of sp³-hybridized carbons (Fsp3) is 0. The highest BCUT2D eigenvalue weighted by Crippen LogP contribution is 2.22. The van der Waals surface area contributed by atoms with Crippen LogP contribution in [0.1, 0.15) is 10.4 Å². The first-order valence-electron chi connectivity index (χ1n) is 4.19. The molecule has 0 aliphatic rings. The van der Waals surface area contributed by atoms with Crippen molar-refractivity contribution in [3.63, 3.8) is 0 Å². The predicted molar refractivity (Wildman–Crippen MR) is 56.3 cm³/mol. The number of carbonyl (C=O) groups excluding carboxylic acids is 1. The summed E-state index contributed by atoms with van der Waals surface area (Å²) in [6.45, 7) is 0. The van der Waals surface area contributed by atoms with Crippen LogP contribution in [-0.4, -0.2) is 11.0 Å². The number of nitrogen functional groups attached to an aromatic ring is 1. The average Bonchev–Trinajstić information content (AvgIpc) is 2.65. The second-order valence-electron chi connectivity index (χ2n) is 2.94. The molecule has 0 aliphatic carbocycles. The molecule has 1 heterocycles. The van der Waals surface area contributed by atoms with E-state index >= 15 is 0 Å². The predicted octanol–water partition coefficient (Wildman–Crippen LogP) is 0.756. The molecular weight excluding hydrogens is 212 g/mol. The maximum atomic E-state index is 10.5. The average molecular weight is 219 g/mol. The van der Waals surface area contributed by atoms with Crippen LogP contribution in [0, 0.1) is 0 Å². The molecule has 15 heavy (non-hydrogen) atoms. The van der Waals surface area contributed by atoms with E-state index in [-0.39, 0.29) is 5.56 Å². The monoisotopic (exact) mass is 219 g/mol. The van der Waals surface area contributed by atoms with E-state index < -0.39 is 5.97 Å². The van der Waals surface area contributed by atoms with Gasteiger partial charge in [-0.15, -0.1) is 11.3 Å². The maximum absolute atomic E-state index is 10.5. The van der Waals surface area contributed by atoms with Gasteiger partial charge in [-0.05, 0) is 5.56 Å². The Hall–Kier alpha value is -1.88. The Balaban J connectivity index is 2.35. The minimum Gasteiger partial charge on any atom is -0.545 e. The number of carbonyl (C=O) groups is 1. The molecule has 0 aliphatic heterocycles. The van der Waals surface area contributed by atoms with E-state index in [0.717, 1.165) is 11.3 Å². The number of rotatable bonds is 2. The van der Waals surface area contributed by atoms with E-state index in [1.807, 2.05) is 5.38 Å². The summed E-state index contributed by atoms with van der Waals surface area (Å²) in [6, 6.07) is 6.33. The number of hydrogen-bond acceptors (Lipinski definition) is 5. The molecule has 0 bridgehead atoms. The van der Waals surface area contributed by atoms with Crippen molar-refractivity contribution in [1.82, 2.24) is 4.98 Å². The Labute approximate surface area is 90.0 Å². The Bertz CT molecular complexity index is 490. The Morgan fingerprint density at radius 1 is 1.33 bits per heavy atom. The van der Waals surface area contributed by atoms with Crippen molar-refractivity contribution >= 4 is 22.4 Å². The first kappa shape index (κ1) is 9.67. The molecule has 0 unspecified atom stereocenters. The van der Waals surface area contributed by atoms with Gasteiger partial charge in [0.05, 0.1) is 11.7 Å². The summed E-state index contributed by atoms with van der Waals surface area (Å²) in [5.74, 6) is -1.18. The number of carboxylic acid groups (broad SMARTS) is 1. The van der Waals surface area contributed by atoms with Gasteiger partial charge in [0.15, 0.2) is 5.13 Å². The molecule has 0 fully saturated rings. The summed E-state index contributed by atoms with van der Waals surface area (Å²) >= 11 is 1.35. The van der Waals surface area contributed by atoms with Crippen LogP contribution in [0.25, 0.3) is 11.3 Å². The molecule has 0 amide bonds. The highest BCUT2D eigenvalue weighted by molar-refractivity contribution is 7.13. The largest absolute Gasteiger partial charge is 0.545 e. The van der Waals surface area contributed by atoms with E-state index in [0.29, 0.717) is 5.13 Å². The van der Waals surface area contributed by atoms with Crippen LogP contribution < -0.4 is 10.8 Å². The molecule has 1 aromatic heterocycles. The third-order valence-electron chi connectivity index (χ3n) is 1.94. The van der Waals surface area contributed by atoms with Crippen LogP contribution >= 0.6 is 11.3 Å². The summed E-state index contributed by atoms with van der Waals surface area (Å²) < 4.78 is 0. The number of anilines is 1. The first-order chi connectivity index (χ1) is 7.16. The van der Waals surface area contributed by atoms with Crippen LogP contribution in [0.3, 0.4) is 0 Å². The van der Waals surface area contributed by atoms with Crippen molar-refractivity contribution in [2.45, 2.75) is 0 Å². The second kappa shape index (κ2) is 3.70. The van der Waals surface area contributed by atoms with E-state index in [4.69, 9.17) is 5.73 Å². The summed E-state index contributed by atoms with van der Waals surface area (Å²) in [5.41, 5.74) is 7.24. The zero-order chi connectivity index (χ0) is 10.8. The molecule has 0 saturated carbocycles. The van der Waals surface area contributed by atoms with Crippen molar-refractivity contribution in [3.8, 4) is 11.3 Å². The van der Waals surface area contributed by atoms with Gasteiger partial charge >= 0.3 is 0 Å². The SMILES string of the molecule is Nc1nc(-c2ccc(C(=O)[O-])cc2)cs1. The van der Waals surface area contributed by atoms with Gasteiger partial charge in [0.2, 0.25) is 0 Å². The highest BCUT2D eigenvalue weighted by atomic mass is 32.1. The van der Waals surface area contributed by atoms with Crippen molar-refractivity contribution in [3.05, 3.63) is 35.2 Å². The highest BCUT2D eigenvalue weighted by Gasteiger charge is 2.02. The van der Waals surface area contributed by atoms with E-state index in [1.54, 1.807) is 12.1 Å². The van der Waals surface area contributed by atoms with Crippen molar-refractivity contribution in [2.24, 2.45) is 0 Å². The third kappa shape index (κ3) is 1.97. The molecular formula is C10H7N2O2S-. The van der Waals surface area contributed by atoms with Crippen molar-refractivity contribution in [1.29, 1.82) is 0 Å². The Morgan fingerprint density at radius 3 is 2.47 bits per heavy atom. The first-order valence-corrected chi connectivity index (χ1v) is 5.07. The van der Waals surface area contributed by atoms with Gasteiger partial charge in [-0.1, -0.05) is 24.3 Å². The van der Waals surface area contributed by atoms with Crippen LogP contribution in [0.4, 0.5) is 5.13 Å². The van der Waals surface area contributed by atoms with Crippen LogP contribution in [-0.2, 0) is 0 Å². The molecule has 0 saturated heterocycles. The molecule has 2 N–H and O–H groups in total. The van der Waals surface area contributed by atoms with E-state index in [9.17, 15) is 9.90 Å². The van der Waals surface area contributed by atoms with Crippen molar-refractivity contribution < 1.29 is 9.90 Å². The number of thiazole rings is 1. The lowest BCUT2D eigenvalue weighted by Crippen LogP contribution is -2.21. The van der Waals surface area contributed by atoms with Crippen LogP contribution in [0.15, 0.2) is 29.6 Å². The van der Waals surface area contributed by atoms with Crippen LogP contribution in [0.2, 0.25) is 0 Å². The quantitative estimate of drug-likeness (QED) is 0.808. The molecule has 1 aromatic carbocycles. The van der Waals surface area contributed by atoms with E-state index in [1.165, 1.54) is 23.5 Å². The standard InChI is InChI=1S/C10H8N2O2S/c11-10-12-8(5-15-10)6-1-3-7(4-2-6)9(13)14/h1-5H,(H2,11,12)(H,13,14)/p-1. The fourth-order valence-electron chi connectivity index (χ4n) is 1.20. The molecule has 0 atom stereocenters. The summed E-state index contributed by atoms with van der Waals surface area (Å²) in [4.78, 5) is 14.6. The molecule has 76 valence electrons. The number of nitrogens with two attached hydrogens (primary N) is 1. The lowest BCUT2D eigenvalue weighted by atomic mass is 10.1. The lowest BCUT2D eigenvalue weighted by molar-refractivity contribution is -0.255. The number of benzene rings is 1. The summed E-state index contributed by atoms with van der Waals surface area (Å²) in [5, 5.41) is 12.8. The third-order valence-corrected chi connectivity index (χ3v) is 2.61. The Morgan fingerprint density at radius 2 is 2.00 bits per heavy atom. The molecule has 0 radical (unpaired) electrons. The minimum atomic E-state index is -1.18. The van der Waals surface area contributed by atoms with Gasteiger partial charge in [0.1, 0.15) is 0 Å². The van der Waals surface area contributed by atoms with Crippen molar-refractivity contribution in [2.75, 3.05) is 5.73 Å². The molecule has 0 spiro atoms. The van der Waals surface area contributed by atoms with Gasteiger partial charge in [-0.2, -0.15) is 0 Å². The molecule has 4 nitrogen and oxygen atoms in total. The van der Waals surface area contributed by atoms with E-state index in [2.05, 4.69) is 4.98 Å². The minimum absolute atomic E-state index is 0.155. The van der Waals surface area contributed by atoms with Gasteiger partial charge in [0, 0.05) is 10.9 Å². The van der Waals surface area contributed by atoms with Gasteiger partial charge in [0.25, 0.3) is 0 Å². The molecule has 5 heteroatoms. The number of aromatic carboxylic acids is 1. The Kier molecular flexibility index (Phi) is 2.39. The number of carboxylic acids is 1. The number of hydrogen-bond donors (Lipinski definition) is 1. The topological polar surface area (TPSA) is 79.0 Å². The molecule has 2 rings (SSSR count). The maximum Gasteiger partial charge on any atom is 0.180 e. The normalized spacial score (nSPS) is 10.1. The fourth-order valence-corrected chi connectivity index (χ4v) is 1.77. The van der Waals surface area contributed by atoms with Gasteiger partial charge < -0.3 is 15.6 Å². The van der Waals surface area contributed by atoms with Gasteiger partial charge in [-0.3, -0.25) is 0 Å².